The van der Waals surface area contributed by atoms with Crippen molar-refractivity contribution in [3.8, 4) is 0 Å². The predicted octanol–water partition coefficient (Wildman–Crippen LogP) is 2.64. The number of likely N-dealkylation sites (tertiary alicyclic amines) is 1. The summed E-state index contributed by atoms with van der Waals surface area (Å²) in [5.74, 6) is 1.44. The SMILES string of the molecule is CC1CC(C)CN(C(C)(C)CNC(=O)NCc2ccncc2)C1. The average Bonchev–Trinajstić information content (AvgIpc) is 2.51. The molecule has 0 bridgehead atoms. The number of pyridine rings is 1. The molecule has 2 heterocycles. The summed E-state index contributed by atoms with van der Waals surface area (Å²) < 4.78 is 0. The van der Waals surface area contributed by atoms with Gasteiger partial charge in [0.2, 0.25) is 0 Å². The van der Waals surface area contributed by atoms with E-state index in [1.807, 2.05) is 12.1 Å². The zero-order valence-corrected chi connectivity index (χ0v) is 14.8. The molecule has 2 atom stereocenters. The van der Waals surface area contributed by atoms with Gasteiger partial charge in [-0.1, -0.05) is 13.8 Å². The van der Waals surface area contributed by atoms with Crippen molar-refractivity contribution in [2.45, 2.75) is 46.2 Å². The second kappa shape index (κ2) is 7.77. The zero-order valence-electron chi connectivity index (χ0n) is 14.8. The fourth-order valence-corrected chi connectivity index (χ4v) is 3.31. The molecule has 1 saturated heterocycles. The van der Waals surface area contributed by atoms with Crippen LogP contribution >= 0.6 is 0 Å². The number of rotatable bonds is 5. The van der Waals surface area contributed by atoms with E-state index in [2.05, 4.69) is 48.2 Å². The third-order valence-corrected chi connectivity index (χ3v) is 4.61. The minimum atomic E-state index is -0.118. The molecule has 23 heavy (non-hydrogen) atoms. The number of urea groups is 1. The first kappa shape index (κ1) is 17.7. The summed E-state index contributed by atoms with van der Waals surface area (Å²) in [6.45, 7) is 12.4. The van der Waals surface area contributed by atoms with Crippen molar-refractivity contribution in [3.05, 3.63) is 30.1 Å². The van der Waals surface area contributed by atoms with Gasteiger partial charge >= 0.3 is 6.03 Å². The third kappa shape index (κ3) is 5.50. The first-order valence-corrected chi connectivity index (χ1v) is 8.52. The Hall–Kier alpha value is -1.62. The van der Waals surface area contributed by atoms with E-state index < -0.39 is 0 Å². The van der Waals surface area contributed by atoms with Crippen molar-refractivity contribution < 1.29 is 4.79 Å². The van der Waals surface area contributed by atoms with Crippen molar-refractivity contribution in [3.63, 3.8) is 0 Å². The maximum atomic E-state index is 12.0. The summed E-state index contributed by atoms with van der Waals surface area (Å²) in [5.41, 5.74) is 1.02. The maximum absolute atomic E-state index is 12.0. The number of carbonyl (C=O) groups is 1. The van der Waals surface area contributed by atoms with Crippen LogP contribution in [0.4, 0.5) is 4.79 Å². The molecule has 0 saturated carbocycles. The van der Waals surface area contributed by atoms with Crippen LogP contribution in [0, 0.1) is 11.8 Å². The molecule has 5 heteroatoms. The Labute approximate surface area is 139 Å². The van der Waals surface area contributed by atoms with Crippen LogP contribution in [-0.4, -0.2) is 41.1 Å². The molecule has 5 nitrogen and oxygen atoms in total. The molecule has 1 aliphatic heterocycles. The molecule has 0 aliphatic carbocycles. The summed E-state index contributed by atoms with van der Waals surface area (Å²) in [6, 6.07) is 3.69. The summed E-state index contributed by atoms with van der Waals surface area (Å²) in [5, 5.41) is 5.91. The quantitative estimate of drug-likeness (QED) is 0.877. The number of amides is 2. The molecular weight excluding hydrogens is 288 g/mol. The minimum Gasteiger partial charge on any atom is -0.336 e. The Balaban J connectivity index is 1.78. The zero-order chi connectivity index (χ0) is 16.9. The summed E-state index contributed by atoms with van der Waals surface area (Å²) in [6.07, 6.45) is 4.76. The Kier molecular flexibility index (Phi) is 5.99. The van der Waals surface area contributed by atoms with Gasteiger partial charge in [-0.2, -0.15) is 0 Å². The van der Waals surface area contributed by atoms with E-state index in [0.29, 0.717) is 13.1 Å². The van der Waals surface area contributed by atoms with Gasteiger partial charge in [0.05, 0.1) is 0 Å². The highest BCUT2D eigenvalue weighted by atomic mass is 16.2. The summed E-state index contributed by atoms with van der Waals surface area (Å²) in [4.78, 5) is 18.5. The van der Waals surface area contributed by atoms with Gasteiger partial charge in [0, 0.05) is 44.1 Å². The number of piperidine rings is 1. The van der Waals surface area contributed by atoms with E-state index in [9.17, 15) is 4.79 Å². The van der Waals surface area contributed by atoms with Crippen molar-refractivity contribution in [1.82, 2.24) is 20.5 Å². The fraction of sp³-hybridized carbons (Fsp3) is 0.667. The molecule has 128 valence electrons. The fourth-order valence-electron chi connectivity index (χ4n) is 3.31. The Morgan fingerprint density at radius 2 is 1.83 bits per heavy atom. The molecule has 0 radical (unpaired) electrons. The molecule has 0 spiro atoms. The summed E-state index contributed by atoms with van der Waals surface area (Å²) >= 11 is 0. The lowest BCUT2D eigenvalue weighted by molar-refractivity contribution is 0.0472. The first-order valence-electron chi connectivity index (χ1n) is 8.52. The highest BCUT2D eigenvalue weighted by Crippen LogP contribution is 2.26. The van der Waals surface area contributed by atoms with Gasteiger partial charge in [-0.05, 0) is 49.8 Å². The average molecular weight is 318 g/mol. The molecule has 1 fully saturated rings. The van der Waals surface area contributed by atoms with Gasteiger partial charge in [-0.3, -0.25) is 9.88 Å². The number of carbonyl (C=O) groups excluding carboxylic acids is 1. The largest absolute Gasteiger partial charge is 0.336 e. The van der Waals surface area contributed by atoms with Crippen LogP contribution in [0.5, 0.6) is 0 Å². The molecule has 2 amide bonds. The van der Waals surface area contributed by atoms with Crippen molar-refractivity contribution in [1.29, 1.82) is 0 Å². The molecule has 0 aromatic carbocycles. The molecule has 2 rings (SSSR count). The van der Waals surface area contributed by atoms with E-state index in [1.165, 1.54) is 6.42 Å². The first-order chi connectivity index (χ1) is 10.9. The molecule has 1 aliphatic rings. The third-order valence-electron chi connectivity index (χ3n) is 4.61. The number of nitrogens with one attached hydrogen (secondary N) is 2. The van der Waals surface area contributed by atoms with Crippen LogP contribution in [0.25, 0.3) is 0 Å². The van der Waals surface area contributed by atoms with Gasteiger partial charge in [0.1, 0.15) is 0 Å². The minimum absolute atomic E-state index is 0.0308. The molecule has 1 aromatic heterocycles. The van der Waals surface area contributed by atoms with Crippen LogP contribution in [0.2, 0.25) is 0 Å². The van der Waals surface area contributed by atoms with Crippen molar-refractivity contribution >= 4 is 6.03 Å². The number of nitrogens with zero attached hydrogens (tertiary/aromatic N) is 2. The topological polar surface area (TPSA) is 57.3 Å². The standard InChI is InChI=1S/C18H30N4O/c1-14-9-15(2)12-22(11-14)18(3,4)13-21-17(23)20-10-16-5-7-19-8-6-16/h5-8,14-15H,9-13H2,1-4H3,(H2,20,21,23). The second-order valence-electron chi connectivity index (χ2n) is 7.56. The van der Waals surface area contributed by atoms with E-state index in [-0.39, 0.29) is 11.6 Å². The van der Waals surface area contributed by atoms with Gasteiger partial charge in [-0.25, -0.2) is 4.79 Å². The highest BCUT2D eigenvalue weighted by molar-refractivity contribution is 5.73. The monoisotopic (exact) mass is 318 g/mol. The van der Waals surface area contributed by atoms with E-state index in [1.54, 1.807) is 12.4 Å². The van der Waals surface area contributed by atoms with Gasteiger partial charge < -0.3 is 10.6 Å². The van der Waals surface area contributed by atoms with Gasteiger partial charge in [0.15, 0.2) is 0 Å². The highest BCUT2D eigenvalue weighted by Gasteiger charge is 2.32. The Morgan fingerprint density at radius 1 is 1.22 bits per heavy atom. The second-order valence-corrected chi connectivity index (χ2v) is 7.56. The Morgan fingerprint density at radius 3 is 2.43 bits per heavy atom. The van der Waals surface area contributed by atoms with Crippen LogP contribution < -0.4 is 10.6 Å². The number of aromatic nitrogens is 1. The van der Waals surface area contributed by atoms with Crippen molar-refractivity contribution in [2.75, 3.05) is 19.6 Å². The van der Waals surface area contributed by atoms with Crippen LogP contribution in [0.15, 0.2) is 24.5 Å². The van der Waals surface area contributed by atoms with Crippen molar-refractivity contribution in [2.24, 2.45) is 11.8 Å². The van der Waals surface area contributed by atoms with Gasteiger partial charge in [0.25, 0.3) is 0 Å². The predicted molar refractivity (Wildman–Crippen MR) is 93.1 cm³/mol. The summed E-state index contributed by atoms with van der Waals surface area (Å²) in [7, 11) is 0. The van der Waals surface area contributed by atoms with Crippen LogP contribution in [0.1, 0.15) is 39.7 Å². The van der Waals surface area contributed by atoms with Crippen LogP contribution in [-0.2, 0) is 6.54 Å². The normalized spacial score (nSPS) is 22.6. The lowest BCUT2D eigenvalue weighted by Gasteiger charge is -2.45. The molecule has 2 unspecified atom stereocenters. The van der Waals surface area contributed by atoms with E-state index in [4.69, 9.17) is 0 Å². The smallest absolute Gasteiger partial charge is 0.315 e. The lowest BCUT2D eigenvalue weighted by Crippen LogP contribution is -2.56. The lowest BCUT2D eigenvalue weighted by atomic mass is 9.88. The van der Waals surface area contributed by atoms with E-state index in [0.717, 1.165) is 30.5 Å². The molecule has 1 aromatic rings. The number of hydrogen-bond acceptors (Lipinski definition) is 3. The van der Waals surface area contributed by atoms with Gasteiger partial charge in [-0.15, -0.1) is 0 Å². The van der Waals surface area contributed by atoms with Crippen LogP contribution in [0.3, 0.4) is 0 Å². The molecular formula is C18H30N4O. The molecule has 2 N–H and O–H groups in total. The number of hydrogen-bond donors (Lipinski definition) is 2. The Bertz CT molecular complexity index is 493. The van der Waals surface area contributed by atoms with E-state index >= 15 is 0 Å². The maximum Gasteiger partial charge on any atom is 0.315 e.